The first-order chi connectivity index (χ1) is 12.3. The molecule has 0 atom stereocenters. The van der Waals surface area contributed by atoms with Crippen molar-refractivity contribution in [3.05, 3.63) is 58.2 Å². The number of carbonyl (C=O) groups excluding carboxylic acids is 1. The molecule has 0 fully saturated rings. The third-order valence-corrected chi connectivity index (χ3v) is 5.79. The molecular weight excluding hydrogens is 422 g/mol. The number of hydrogen-bond donors (Lipinski definition) is 1. The van der Waals surface area contributed by atoms with E-state index in [1.807, 2.05) is 6.92 Å². The molecule has 0 spiro atoms. The van der Waals surface area contributed by atoms with E-state index in [1.54, 1.807) is 31.2 Å². The maximum atomic E-state index is 12.5. The maximum absolute atomic E-state index is 12.5. The highest BCUT2D eigenvalue weighted by Gasteiger charge is 2.22. The molecule has 1 heterocycles. The van der Waals surface area contributed by atoms with Gasteiger partial charge in [-0.05, 0) is 48.0 Å². The Morgan fingerprint density at radius 2 is 1.85 bits per heavy atom. The van der Waals surface area contributed by atoms with E-state index in [0.29, 0.717) is 15.4 Å². The van der Waals surface area contributed by atoms with Gasteiger partial charge in [0.2, 0.25) is 0 Å². The molecule has 2 aromatic carbocycles. The van der Waals surface area contributed by atoms with Gasteiger partial charge in [-0.3, -0.25) is 0 Å². The fourth-order valence-corrected chi connectivity index (χ4v) is 3.97. The van der Waals surface area contributed by atoms with Crippen LogP contribution in [0.15, 0.2) is 51.8 Å². The van der Waals surface area contributed by atoms with Crippen LogP contribution in [0.5, 0.6) is 5.75 Å². The van der Waals surface area contributed by atoms with E-state index in [9.17, 15) is 13.2 Å². The first kappa shape index (κ1) is 18.5. The lowest BCUT2D eigenvalue weighted by Gasteiger charge is -2.08. The van der Waals surface area contributed by atoms with E-state index in [-0.39, 0.29) is 22.9 Å². The molecule has 0 aliphatic rings. The number of rotatable bonds is 5. The number of nitrogens with one attached hydrogen (secondary N) is 1. The molecule has 0 aliphatic heterocycles. The number of aromatic amines is 1. The predicted molar refractivity (Wildman–Crippen MR) is 101 cm³/mol. The number of hydrogen-bond acceptors (Lipinski definition) is 5. The normalized spacial score (nSPS) is 11.5. The lowest BCUT2D eigenvalue weighted by molar-refractivity contribution is 0.0519. The van der Waals surface area contributed by atoms with Gasteiger partial charge in [0.05, 0.1) is 16.6 Å². The molecule has 0 radical (unpaired) electrons. The summed E-state index contributed by atoms with van der Waals surface area (Å²) in [5.74, 6) is -0.442. The van der Waals surface area contributed by atoms with Gasteiger partial charge in [-0.2, -0.15) is 8.42 Å². The maximum Gasteiger partial charge on any atom is 0.355 e. The first-order valence-corrected chi connectivity index (χ1v) is 10.0. The minimum absolute atomic E-state index is 0.0522. The average Bonchev–Trinajstić information content (AvgIpc) is 2.94. The molecule has 3 rings (SSSR count). The van der Waals surface area contributed by atoms with E-state index in [0.717, 1.165) is 5.56 Å². The molecule has 0 bridgehead atoms. The van der Waals surface area contributed by atoms with Gasteiger partial charge in [-0.15, -0.1) is 0 Å². The second-order valence-corrected chi connectivity index (χ2v) is 7.90. The number of carbonyl (C=O) groups is 1. The number of benzene rings is 2. The zero-order valence-electron chi connectivity index (χ0n) is 14.1. The van der Waals surface area contributed by atoms with Crippen LogP contribution in [0.1, 0.15) is 23.0 Å². The lowest BCUT2D eigenvalue weighted by Crippen LogP contribution is -2.10. The van der Waals surface area contributed by atoms with Gasteiger partial charge < -0.3 is 13.9 Å². The van der Waals surface area contributed by atoms with Gasteiger partial charge in [-0.1, -0.05) is 29.8 Å². The SMILES string of the molecule is CCOC(=O)c1[nH]c2c(OS(=O)(=O)c3ccc(C)cc3)cccc2c1Br. The zero-order valence-corrected chi connectivity index (χ0v) is 16.5. The molecule has 0 saturated heterocycles. The summed E-state index contributed by atoms with van der Waals surface area (Å²) in [6.45, 7) is 3.80. The lowest BCUT2D eigenvalue weighted by atomic mass is 10.2. The van der Waals surface area contributed by atoms with Crippen molar-refractivity contribution in [3.8, 4) is 5.75 Å². The highest BCUT2D eigenvalue weighted by molar-refractivity contribution is 9.10. The van der Waals surface area contributed by atoms with Crippen LogP contribution in [-0.2, 0) is 14.9 Å². The zero-order chi connectivity index (χ0) is 18.9. The fraction of sp³-hybridized carbons (Fsp3) is 0.167. The Labute approximate surface area is 159 Å². The Balaban J connectivity index is 2.04. The van der Waals surface area contributed by atoms with Crippen molar-refractivity contribution in [1.29, 1.82) is 0 Å². The molecule has 1 aromatic heterocycles. The minimum Gasteiger partial charge on any atom is -0.461 e. The summed E-state index contributed by atoms with van der Waals surface area (Å²) in [6, 6.07) is 11.3. The van der Waals surface area contributed by atoms with Gasteiger partial charge in [0.1, 0.15) is 10.6 Å². The van der Waals surface area contributed by atoms with Crippen molar-refractivity contribution in [2.45, 2.75) is 18.7 Å². The number of fused-ring (bicyclic) bond motifs is 1. The van der Waals surface area contributed by atoms with E-state index in [1.165, 1.54) is 18.2 Å². The standard InChI is InChI=1S/C18H16BrNO5S/c1-3-24-18(21)17-15(19)13-5-4-6-14(16(13)20-17)25-26(22,23)12-9-7-11(2)8-10-12/h4-10,20H,3H2,1-2H3. The molecule has 0 saturated carbocycles. The van der Waals surface area contributed by atoms with Crippen molar-refractivity contribution >= 4 is 42.9 Å². The average molecular weight is 438 g/mol. The van der Waals surface area contributed by atoms with Crippen LogP contribution in [0.25, 0.3) is 10.9 Å². The van der Waals surface area contributed by atoms with E-state index in [2.05, 4.69) is 20.9 Å². The Morgan fingerprint density at radius 1 is 1.15 bits per heavy atom. The quantitative estimate of drug-likeness (QED) is 0.477. The Hall–Kier alpha value is -2.32. The molecule has 0 aliphatic carbocycles. The Bertz CT molecular complexity index is 1070. The number of halogens is 1. The van der Waals surface area contributed by atoms with Crippen molar-refractivity contribution in [1.82, 2.24) is 4.98 Å². The molecule has 0 amide bonds. The Kier molecular flexibility index (Phi) is 5.06. The third kappa shape index (κ3) is 3.47. The van der Waals surface area contributed by atoms with E-state index < -0.39 is 16.1 Å². The van der Waals surface area contributed by atoms with Crippen LogP contribution in [-0.4, -0.2) is 26.0 Å². The number of aryl methyl sites for hydroxylation is 1. The molecule has 1 N–H and O–H groups in total. The number of ether oxygens (including phenoxy) is 1. The summed E-state index contributed by atoms with van der Waals surface area (Å²) in [4.78, 5) is 15.0. The summed E-state index contributed by atoms with van der Waals surface area (Å²) < 4.78 is 35.9. The molecule has 6 nitrogen and oxygen atoms in total. The minimum atomic E-state index is -4.01. The van der Waals surface area contributed by atoms with E-state index in [4.69, 9.17) is 8.92 Å². The van der Waals surface area contributed by atoms with Crippen molar-refractivity contribution in [2.24, 2.45) is 0 Å². The smallest absolute Gasteiger partial charge is 0.355 e. The van der Waals surface area contributed by atoms with E-state index >= 15 is 0 Å². The summed E-state index contributed by atoms with van der Waals surface area (Å²) in [7, 11) is -4.01. The summed E-state index contributed by atoms with van der Waals surface area (Å²) in [6.07, 6.45) is 0. The highest BCUT2D eigenvalue weighted by atomic mass is 79.9. The largest absolute Gasteiger partial charge is 0.461 e. The van der Waals surface area contributed by atoms with Crippen LogP contribution in [0.2, 0.25) is 0 Å². The van der Waals surface area contributed by atoms with Crippen LogP contribution < -0.4 is 4.18 Å². The van der Waals surface area contributed by atoms with Crippen LogP contribution in [0.3, 0.4) is 0 Å². The van der Waals surface area contributed by atoms with Gasteiger partial charge in [0, 0.05) is 5.39 Å². The molecule has 26 heavy (non-hydrogen) atoms. The highest BCUT2D eigenvalue weighted by Crippen LogP contribution is 2.35. The number of para-hydroxylation sites is 1. The van der Waals surface area contributed by atoms with Crippen molar-refractivity contribution in [3.63, 3.8) is 0 Å². The van der Waals surface area contributed by atoms with Gasteiger partial charge in [-0.25, -0.2) is 4.79 Å². The molecule has 0 unspecified atom stereocenters. The van der Waals surface area contributed by atoms with Crippen LogP contribution in [0.4, 0.5) is 0 Å². The second kappa shape index (κ2) is 7.13. The number of H-pyrrole nitrogens is 1. The molecule has 136 valence electrons. The van der Waals surface area contributed by atoms with Gasteiger partial charge in [0.15, 0.2) is 5.75 Å². The van der Waals surface area contributed by atoms with Crippen LogP contribution >= 0.6 is 15.9 Å². The first-order valence-electron chi connectivity index (χ1n) is 7.82. The summed E-state index contributed by atoms with van der Waals surface area (Å²) >= 11 is 3.35. The molecule has 8 heteroatoms. The summed E-state index contributed by atoms with van der Waals surface area (Å²) in [5, 5.41) is 0.615. The molecule has 3 aromatic rings. The van der Waals surface area contributed by atoms with Crippen molar-refractivity contribution < 1.29 is 22.1 Å². The number of aromatic nitrogens is 1. The summed E-state index contributed by atoms with van der Waals surface area (Å²) in [5.41, 5.74) is 1.53. The predicted octanol–water partition coefficient (Wildman–Crippen LogP) is 4.18. The molecular formula is C18H16BrNO5S. The van der Waals surface area contributed by atoms with Crippen molar-refractivity contribution in [2.75, 3.05) is 6.61 Å². The van der Waals surface area contributed by atoms with Gasteiger partial charge in [0.25, 0.3) is 0 Å². The third-order valence-electron chi connectivity index (χ3n) is 3.72. The Morgan fingerprint density at radius 3 is 2.50 bits per heavy atom. The van der Waals surface area contributed by atoms with Crippen LogP contribution in [0, 0.1) is 6.92 Å². The number of esters is 1. The second-order valence-electron chi connectivity index (χ2n) is 5.56. The topological polar surface area (TPSA) is 85.5 Å². The monoisotopic (exact) mass is 437 g/mol. The van der Waals surface area contributed by atoms with Gasteiger partial charge >= 0.3 is 16.1 Å². The fourth-order valence-electron chi connectivity index (χ4n) is 2.44.